The van der Waals surface area contributed by atoms with Gasteiger partial charge in [-0.2, -0.15) is 5.10 Å². The molecule has 7 nitrogen and oxygen atoms in total. The van der Waals surface area contributed by atoms with Crippen molar-refractivity contribution in [3.8, 4) is 0 Å². The molecule has 0 atom stereocenters. The van der Waals surface area contributed by atoms with E-state index in [4.69, 9.17) is 5.11 Å². The lowest BCUT2D eigenvalue weighted by Gasteiger charge is -2.05. The lowest BCUT2D eigenvalue weighted by atomic mass is 10.3. The largest absolute Gasteiger partial charge is 0.465 e. The van der Waals surface area contributed by atoms with Crippen LogP contribution in [-0.4, -0.2) is 39.5 Å². The van der Waals surface area contributed by atoms with Crippen molar-refractivity contribution in [2.75, 3.05) is 6.54 Å². The van der Waals surface area contributed by atoms with E-state index >= 15 is 0 Å². The quantitative estimate of drug-likeness (QED) is 0.722. The Morgan fingerprint density at radius 1 is 1.55 bits per heavy atom. The van der Waals surface area contributed by atoms with Crippen LogP contribution in [0.5, 0.6) is 0 Å². The Balaban J connectivity index is 1.90. The lowest BCUT2D eigenvalue weighted by Crippen LogP contribution is -2.25. The molecule has 1 heterocycles. The maximum Gasteiger partial charge on any atom is 0.404 e. The molecule has 0 aromatic carbocycles. The number of hydrogen-bond acceptors (Lipinski definition) is 3. The van der Waals surface area contributed by atoms with E-state index in [1.807, 2.05) is 0 Å². The van der Waals surface area contributed by atoms with Crippen LogP contribution in [0, 0.1) is 0 Å². The highest BCUT2D eigenvalue weighted by atomic mass is 19.1. The highest BCUT2D eigenvalue weighted by Crippen LogP contribution is 2.19. The van der Waals surface area contributed by atoms with Crippen LogP contribution in [0.1, 0.15) is 23.2 Å². The van der Waals surface area contributed by atoms with Gasteiger partial charge in [0.15, 0.2) is 0 Å². The number of rotatable bonds is 6. The molecule has 1 aromatic rings. The zero-order valence-electron chi connectivity index (χ0n) is 10.7. The lowest BCUT2D eigenvalue weighted by molar-refractivity contribution is 0.0951. The normalized spacial score (nSPS) is 14.9. The molecule has 108 valence electrons. The number of aromatic nitrogens is 2. The molecule has 2 amide bonds. The summed E-state index contributed by atoms with van der Waals surface area (Å²) in [7, 11) is 0. The molecule has 1 aliphatic rings. The fraction of sp³-hybridized carbons (Fsp3) is 0.417. The van der Waals surface area contributed by atoms with Crippen LogP contribution < -0.4 is 10.6 Å². The minimum Gasteiger partial charge on any atom is -0.465 e. The van der Waals surface area contributed by atoms with E-state index in [1.54, 1.807) is 0 Å². The first-order valence-electron chi connectivity index (χ1n) is 6.16. The number of hydrogen-bond donors (Lipinski definition) is 3. The van der Waals surface area contributed by atoms with Gasteiger partial charge in [-0.25, -0.2) is 9.18 Å². The van der Waals surface area contributed by atoms with Gasteiger partial charge in [0.2, 0.25) is 0 Å². The van der Waals surface area contributed by atoms with Crippen LogP contribution in [0.25, 0.3) is 0 Å². The van der Waals surface area contributed by atoms with Gasteiger partial charge < -0.3 is 15.7 Å². The fourth-order valence-corrected chi connectivity index (χ4v) is 1.59. The smallest absolute Gasteiger partial charge is 0.404 e. The van der Waals surface area contributed by atoms with Crippen LogP contribution in [0.3, 0.4) is 0 Å². The molecular formula is C12H15FN4O3. The molecule has 1 fully saturated rings. The summed E-state index contributed by atoms with van der Waals surface area (Å²) in [5, 5.41) is 17.3. The van der Waals surface area contributed by atoms with Crippen molar-refractivity contribution in [2.24, 2.45) is 0 Å². The van der Waals surface area contributed by atoms with Crippen molar-refractivity contribution in [3.63, 3.8) is 0 Å². The van der Waals surface area contributed by atoms with Gasteiger partial charge in [-0.3, -0.25) is 9.48 Å². The van der Waals surface area contributed by atoms with Gasteiger partial charge in [0.1, 0.15) is 0 Å². The summed E-state index contributed by atoms with van der Waals surface area (Å²) < 4.78 is 14.0. The standard InChI is InChI=1S/C12H15FN4O3/c13-3-8(4-14-12(19)20)6-17-7-9(5-15-17)11(18)16-10-1-2-10/h3,5,7,10,14H,1-2,4,6H2,(H,16,18)(H,19,20). The summed E-state index contributed by atoms with van der Waals surface area (Å²) in [6.07, 6.45) is 4.00. The molecule has 0 radical (unpaired) electrons. The van der Waals surface area contributed by atoms with Gasteiger partial charge >= 0.3 is 6.09 Å². The highest BCUT2D eigenvalue weighted by molar-refractivity contribution is 5.94. The SMILES string of the molecule is O=C(O)NCC(=CF)Cn1cc(C(=O)NC2CC2)cn1. The monoisotopic (exact) mass is 282 g/mol. The molecule has 0 bridgehead atoms. The van der Waals surface area contributed by atoms with Crippen molar-refractivity contribution >= 4 is 12.0 Å². The summed E-state index contributed by atoms with van der Waals surface area (Å²) in [5.74, 6) is -0.201. The average molecular weight is 282 g/mol. The van der Waals surface area contributed by atoms with Crippen molar-refractivity contribution in [1.82, 2.24) is 20.4 Å². The number of carbonyl (C=O) groups excluding carboxylic acids is 1. The second-order valence-corrected chi connectivity index (χ2v) is 4.60. The van der Waals surface area contributed by atoms with E-state index in [0.29, 0.717) is 11.9 Å². The fourth-order valence-electron chi connectivity index (χ4n) is 1.59. The van der Waals surface area contributed by atoms with Gasteiger partial charge in [0, 0.05) is 18.8 Å². The highest BCUT2D eigenvalue weighted by Gasteiger charge is 2.24. The van der Waals surface area contributed by atoms with Crippen LogP contribution >= 0.6 is 0 Å². The molecule has 1 aromatic heterocycles. The molecule has 1 aliphatic carbocycles. The average Bonchev–Trinajstić information content (AvgIpc) is 3.10. The molecule has 0 spiro atoms. The Hall–Kier alpha value is -2.38. The second-order valence-electron chi connectivity index (χ2n) is 4.60. The zero-order chi connectivity index (χ0) is 14.5. The number of nitrogens with one attached hydrogen (secondary N) is 2. The van der Waals surface area contributed by atoms with Gasteiger partial charge in [-0.15, -0.1) is 0 Å². The van der Waals surface area contributed by atoms with E-state index in [2.05, 4.69) is 15.7 Å². The number of nitrogens with zero attached hydrogens (tertiary/aromatic N) is 2. The maximum atomic E-state index is 12.6. The first kappa shape index (κ1) is 14.0. The van der Waals surface area contributed by atoms with E-state index < -0.39 is 6.09 Å². The number of amides is 2. The van der Waals surface area contributed by atoms with Crippen LogP contribution in [0.4, 0.5) is 9.18 Å². The third-order valence-electron chi connectivity index (χ3n) is 2.79. The van der Waals surface area contributed by atoms with Crippen LogP contribution in [0.2, 0.25) is 0 Å². The molecule has 0 unspecified atom stereocenters. The number of halogens is 1. The Bertz CT molecular complexity index is 537. The molecule has 0 aliphatic heterocycles. The van der Waals surface area contributed by atoms with Crippen LogP contribution in [-0.2, 0) is 6.54 Å². The molecule has 20 heavy (non-hydrogen) atoms. The Labute approximate surface area is 114 Å². The van der Waals surface area contributed by atoms with Gasteiger partial charge in [-0.1, -0.05) is 0 Å². The predicted molar refractivity (Wildman–Crippen MR) is 67.9 cm³/mol. The molecule has 8 heteroatoms. The molecule has 2 rings (SSSR count). The van der Waals surface area contributed by atoms with E-state index in [1.165, 1.54) is 17.1 Å². The first-order valence-corrected chi connectivity index (χ1v) is 6.16. The summed E-state index contributed by atoms with van der Waals surface area (Å²) in [6.45, 7) is -0.0528. The molecule has 0 saturated heterocycles. The Kier molecular flexibility index (Phi) is 4.34. The number of carbonyl (C=O) groups is 2. The number of carboxylic acid groups (broad SMARTS) is 1. The van der Waals surface area contributed by atoms with Crippen molar-refractivity contribution in [1.29, 1.82) is 0 Å². The minimum atomic E-state index is -1.23. The zero-order valence-corrected chi connectivity index (χ0v) is 10.7. The predicted octanol–water partition coefficient (Wildman–Crippen LogP) is 0.896. The molecule has 1 saturated carbocycles. The molecular weight excluding hydrogens is 267 g/mol. The van der Waals surface area contributed by atoms with Crippen molar-refractivity contribution < 1.29 is 19.1 Å². The molecule has 3 N–H and O–H groups in total. The maximum absolute atomic E-state index is 12.6. The minimum absolute atomic E-state index is 0.0769. The van der Waals surface area contributed by atoms with Gasteiger partial charge in [0.25, 0.3) is 5.91 Å². The summed E-state index contributed by atoms with van der Waals surface area (Å²) in [5.41, 5.74) is 0.617. The van der Waals surface area contributed by atoms with Crippen molar-refractivity contribution in [2.45, 2.75) is 25.4 Å². The van der Waals surface area contributed by atoms with Gasteiger partial charge in [0.05, 0.1) is 24.6 Å². The summed E-state index contributed by atoms with van der Waals surface area (Å²) in [4.78, 5) is 22.1. The van der Waals surface area contributed by atoms with Crippen LogP contribution in [0.15, 0.2) is 24.3 Å². The Morgan fingerprint density at radius 2 is 2.30 bits per heavy atom. The summed E-state index contributed by atoms with van der Waals surface area (Å²) in [6, 6.07) is 0.256. The second kappa shape index (κ2) is 6.18. The van der Waals surface area contributed by atoms with E-state index in [-0.39, 0.29) is 30.6 Å². The van der Waals surface area contributed by atoms with E-state index in [0.717, 1.165) is 12.8 Å². The topological polar surface area (TPSA) is 96.2 Å². The van der Waals surface area contributed by atoms with E-state index in [9.17, 15) is 14.0 Å². The third kappa shape index (κ3) is 4.08. The summed E-state index contributed by atoms with van der Waals surface area (Å²) >= 11 is 0. The Morgan fingerprint density at radius 3 is 2.90 bits per heavy atom. The third-order valence-corrected chi connectivity index (χ3v) is 2.79. The van der Waals surface area contributed by atoms with Gasteiger partial charge in [-0.05, 0) is 18.4 Å². The van der Waals surface area contributed by atoms with Crippen molar-refractivity contribution in [3.05, 3.63) is 29.9 Å². The first-order chi connectivity index (χ1) is 9.58.